The number of aromatic amines is 2. The van der Waals surface area contributed by atoms with Crippen LogP contribution < -0.4 is 16.2 Å². The van der Waals surface area contributed by atoms with Gasteiger partial charge in [0.15, 0.2) is 0 Å². The number of benzene rings is 2. The fourth-order valence-electron chi connectivity index (χ4n) is 3.50. The molecule has 0 aliphatic rings. The molecule has 36 heavy (non-hydrogen) atoms. The lowest BCUT2D eigenvalue weighted by atomic mass is 10.1. The Kier molecular flexibility index (Phi) is 7.41. The Morgan fingerprint density at radius 2 is 1.33 bits per heavy atom. The van der Waals surface area contributed by atoms with Gasteiger partial charge in [-0.2, -0.15) is 0 Å². The SMILES string of the molecule is N=C(OCc1ccc2[nH]c3c(=O)c4cc(CNC(=O)C(Cl)(Cl)Cl)ccc4[nH]c3c(=O)c2c1)C(Cl)(Cl)Cl. The second-order valence-corrected chi connectivity index (χ2v) is 12.3. The Hall–Kier alpha value is -2.20. The fraction of sp³-hybridized carbons (Fsp3) is 0.182. The second-order valence-electron chi connectivity index (χ2n) is 7.71. The zero-order valence-corrected chi connectivity index (χ0v) is 22.3. The van der Waals surface area contributed by atoms with Crippen LogP contribution in [0, 0.1) is 5.41 Å². The Labute approximate surface area is 232 Å². The molecule has 188 valence electrons. The first-order chi connectivity index (χ1) is 16.8. The van der Waals surface area contributed by atoms with E-state index in [4.69, 9.17) is 79.8 Å². The molecule has 0 saturated carbocycles. The Morgan fingerprint density at radius 1 is 0.833 bits per heavy atom. The summed E-state index contributed by atoms with van der Waals surface area (Å²) in [6.45, 7) is -0.0824. The molecule has 0 unspecified atom stereocenters. The topological polar surface area (TPSA) is 128 Å². The van der Waals surface area contributed by atoms with Crippen molar-refractivity contribution >= 4 is 114 Å². The molecule has 4 N–H and O–H groups in total. The lowest BCUT2D eigenvalue weighted by Gasteiger charge is -2.14. The van der Waals surface area contributed by atoms with Crippen LogP contribution in [0.2, 0.25) is 0 Å². The number of amides is 1. The molecular formula is C22H14Cl6N4O4. The first-order valence-electron chi connectivity index (χ1n) is 10.0. The van der Waals surface area contributed by atoms with Crippen molar-refractivity contribution in [2.75, 3.05) is 0 Å². The monoisotopic (exact) mass is 608 g/mol. The van der Waals surface area contributed by atoms with Gasteiger partial charge in [0, 0.05) is 28.4 Å². The summed E-state index contributed by atoms with van der Waals surface area (Å²) in [4.78, 5) is 44.3. The molecule has 1 amide bonds. The molecule has 0 atom stereocenters. The minimum atomic E-state index is -2.11. The van der Waals surface area contributed by atoms with E-state index < -0.39 is 30.2 Å². The van der Waals surface area contributed by atoms with Gasteiger partial charge in [-0.1, -0.05) is 81.7 Å². The molecule has 0 radical (unpaired) electrons. The average Bonchev–Trinajstić information content (AvgIpc) is 2.81. The second kappa shape index (κ2) is 9.93. The van der Waals surface area contributed by atoms with Gasteiger partial charge in [-0.25, -0.2) is 0 Å². The van der Waals surface area contributed by atoms with Crippen LogP contribution in [0.15, 0.2) is 46.0 Å². The maximum Gasteiger partial charge on any atom is 0.272 e. The van der Waals surface area contributed by atoms with E-state index in [2.05, 4.69) is 15.3 Å². The highest BCUT2D eigenvalue weighted by molar-refractivity contribution is 6.76. The molecule has 0 saturated heterocycles. The highest BCUT2D eigenvalue weighted by Gasteiger charge is 2.30. The summed E-state index contributed by atoms with van der Waals surface area (Å²) in [6.07, 6.45) is 0. The predicted molar refractivity (Wildman–Crippen MR) is 145 cm³/mol. The Bertz CT molecular complexity index is 1530. The van der Waals surface area contributed by atoms with Crippen molar-refractivity contribution < 1.29 is 9.53 Å². The largest absolute Gasteiger partial charge is 0.473 e. The summed E-state index contributed by atoms with van der Waals surface area (Å²) in [7, 11) is 0. The summed E-state index contributed by atoms with van der Waals surface area (Å²) < 4.78 is 1.07. The Morgan fingerprint density at radius 3 is 1.83 bits per heavy atom. The van der Waals surface area contributed by atoms with E-state index in [0.29, 0.717) is 32.9 Å². The number of nitrogens with one attached hydrogen (secondary N) is 4. The van der Waals surface area contributed by atoms with Crippen LogP contribution in [-0.4, -0.2) is 29.4 Å². The first-order valence-corrected chi connectivity index (χ1v) is 12.3. The van der Waals surface area contributed by atoms with Crippen LogP contribution in [0.3, 0.4) is 0 Å². The molecule has 4 aromatic rings. The van der Waals surface area contributed by atoms with Gasteiger partial charge >= 0.3 is 0 Å². The third kappa shape index (κ3) is 5.54. The number of alkyl halides is 6. The number of rotatable bonds is 4. The molecule has 0 spiro atoms. The minimum absolute atomic E-state index is 0.0228. The lowest BCUT2D eigenvalue weighted by molar-refractivity contribution is -0.120. The first kappa shape index (κ1) is 26.9. The van der Waals surface area contributed by atoms with Gasteiger partial charge in [0.05, 0.1) is 0 Å². The summed E-state index contributed by atoms with van der Waals surface area (Å²) in [5, 5.41) is 10.7. The summed E-state index contributed by atoms with van der Waals surface area (Å²) >= 11 is 33.5. The number of fused-ring (bicyclic) bond motifs is 3. The van der Waals surface area contributed by atoms with Crippen molar-refractivity contribution in [2.24, 2.45) is 0 Å². The molecule has 0 aliphatic carbocycles. The number of carbonyl (C=O) groups is 1. The number of H-pyrrole nitrogens is 2. The van der Waals surface area contributed by atoms with E-state index in [1.165, 1.54) is 0 Å². The van der Waals surface area contributed by atoms with Crippen LogP contribution in [0.25, 0.3) is 32.8 Å². The van der Waals surface area contributed by atoms with E-state index in [1.807, 2.05) is 0 Å². The maximum atomic E-state index is 13.3. The summed E-state index contributed by atoms with van der Waals surface area (Å²) in [6, 6.07) is 9.68. The predicted octanol–water partition coefficient (Wildman–Crippen LogP) is 5.37. The molecular weight excluding hydrogens is 597 g/mol. The van der Waals surface area contributed by atoms with Crippen molar-refractivity contribution in [2.45, 2.75) is 20.7 Å². The van der Waals surface area contributed by atoms with Crippen molar-refractivity contribution in [3.8, 4) is 0 Å². The highest BCUT2D eigenvalue weighted by atomic mass is 35.6. The van der Waals surface area contributed by atoms with Crippen LogP contribution in [0.4, 0.5) is 0 Å². The zero-order valence-electron chi connectivity index (χ0n) is 17.8. The van der Waals surface area contributed by atoms with Gasteiger partial charge in [-0.3, -0.25) is 19.8 Å². The number of ether oxygens (including phenoxy) is 1. The average molecular weight is 611 g/mol. The van der Waals surface area contributed by atoms with Crippen LogP contribution >= 0.6 is 69.6 Å². The summed E-state index contributed by atoms with van der Waals surface area (Å²) in [5.74, 6) is -1.35. The van der Waals surface area contributed by atoms with Gasteiger partial charge in [-0.15, -0.1) is 0 Å². The number of pyridine rings is 2. The zero-order chi connectivity index (χ0) is 26.4. The standard InChI is InChI=1S/C22H14Cl6N4O4/c23-21(24,25)19(29)36-8-10-2-4-14-12(6-10)18(34)16-15(32-14)17(33)11-5-9(1-3-13(11)31-16)7-30-20(35)22(26,27)28/h1-6,29H,7-8H2,(H,30,35)(H,31,33)(H,32,34). The third-order valence-corrected chi connectivity index (χ3v) is 6.26. The summed E-state index contributed by atoms with van der Waals surface area (Å²) in [5.41, 5.74) is 1.34. The molecule has 2 aromatic carbocycles. The normalized spacial score (nSPS) is 12.3. The number of aromatic nitrogens is 2. The van der Waals surface area contributed by atoms with E-state index >= 15 is 0 Å². The van der Waals surface area contributed by atoms with Gasteiger partial charge in [-0.05, 0) is 35.4 Å². The van der Waals surface area contributed by atoms with Crippen LogP contribution in [0.5, 0.6) is 0 Å². The van der Waals surface area contributed by atoms with Crippen LogP contribution in [-0.2, 0) is 22.7 Å². The molecule has 2 aromatic heterocycles. The number of hydrogen-bond donors (Lipinski definition) is 4. The maximum absolute atomic E-state index is 13.3. The Balaban J connectivity index is 1.73. The van der Waals surface area contributed by atoms with E-state index in [0.717, 1.165) is 0 Å². The molecule has 0 aliphatic heterocycles. The molecule has 0 fully saturated rings. The molecule has 0 bridgehead atoms. The number of hydrogen-bond acceptors (Lipinski definition) is 5. The van der Waals surface area contributed by atoms with Crippen LogP contribution in [0.1, 0.15) is 11.1 Å². The lowest BCUT2D eigenvalue weighted by Crippen LogP contribution is -2.34. The smallest absolute Gasteiger partial charge is 0.272 e. The molecule has 4 rings (SSSR count). The molecule has 14 heteroatoms. The molecule has 8 nitrogen and oxygen atoms in total. The van der Waals surface area contributed by atoms with E-state index in [-0.39, 0.29) is 24.2 Å². The van der Waals surface area contributed by atoms with Gasteiger partial charge < -0.3 is 20.0 Å². The van der Waals surface area contributed by atoms with Crippen molar-refractivity contribution in [3.63, 3.8) is 0 Å². The minimum Gasteiger partial charge on any atom is -0.473 e. The van der Waals surface area contributed by atoms with E-state index in [1.54, 1.807) is 36.4 Å². The van der Waals surface area contributed by atoms with Gasteiger partial charge in [0.25, 0.3) is 13.5 Å². The van der Waals surface area contributed by atoms with Crippen molar-refractivity contribution in [1.82, 2.24) is 15.3 Å². The number of carbonyl (C=O) groups excluding carboxylic acids is 1. The van der Waals surface area contributed by atoms with Gasteiger partial charge in [0.2, 0.25) is 16.8 Å². The van der Waals surface area contributed by atoms with Crippen molar-refractivity contribution in [3.05, 3.63) is 68.0 Å². The van der Waals surface area contributed by atoms with Crippen molar-refractivity contribution in [1.29, 1.82) is 5.41 Å². The number of halogens is 6. The quantitative estimate of drug-likeness (QED) is 0.107. The third-order valence-electron chi connectivity index (χ3n) is 5.23. The molecule has 2 heterocycles. The fourth-order valence-corrected chi connectivity index (χ4v) is 3.86. The van der Waals surface area contributed by atoms with Gasteiger partial charge in [0.1, 0.15) is 17.6 Å². The van der Waals surface area contributed by atoms with E-state index in [9.17, 15) is 14.4 Å². The highest BCUT2D eigenvalue weighted by Crippen LogP contribution is 2.28.